The first kappa shape index (κ1) is 19.7. The molecule has 31 heavy (non-hydrogen) atoms. The summed E-state index contributed by atoms with van der Waals surface area (Å²) < 4.78 is 24.7. The van der Waals surface area contributed by atoms with Crippen LogP contribution in [0.15, 0.2) is 101 Å². The van der Waals surface area contributed by atoms with Crippen LogP contribution in [-0.4, -0.2) is 14.7 Å². The first-order chi connectivity index (χ1) is 14.9. The Hall–Kier alpha value is -3.28. The second-order valence-corrected chi connectivity index (χ2v) is 10.6. The normalized spacial score (nSPS) is 11.8. The van der Waals surface area contributed by atoms with Crippen molar-refractivity contribution in [1.29, 1.82) is 0 Å². The Morgan fingerprint density at radius 2 is 1.35 bits per heavy atom. The Morgan fingerprint density at radius 1 is 0.710 bits per heavy atom. The molecule has 0 amide bonds. The number of rotatable bonds is 3. The fourth-order valence-corrected chi connectivity index (χ4v) is 5.64. The first-order valence-corrected chi connectivity index (χ1v) is 12.5. The highest BCUT2D eigenvalue weighted by Crippen LogP contribution is 2.38. The Balaban J connectivity index is 1.82. The van der Waals surface area contributed by atoms with E-state index in [0.717, 1.165) is 31.5 Å². The second-order valence-electron chi connectivity index (χ2n) is 7.49. The first-order valence-electron chi connectivity index (χ1n) is 9.77. The second kappa shape index (κ2) is 7.45. The lowest BCUT2D eigenvalue weighted by Crippen LogP contribution is -2.06. The summed E-state index contributed by atoms with van der Waals surface area (Å²) in [4.78, 5) is 14.7. The highest BCUT2D eigenvalue weighted by Gasteiger charge is 2.17. The average Bonchev–Trinajstić information content (AvgIpc) is 2.78. The van der Waals surface area contributed by atoms with Crippen molar-refractivity contribution in [2.45, 2.75) is 4.90 Å². The maximum absolute atomic E-state index is 13.6. The molecule has 0 aliphatic rings. The van der Waals surface area contributed by atoms with E-state index < -0.39 is 9.84 Å². The molecule has 0 bridgehead atoms. The molecule has 0 spiro atoms. The topological polar surface area (TPSA) is 51.2 Å². The van der Waals surface area contributed by atoms with Crippen LogP contribution in [0.3, 0.4) is 0 Å². The summed E-state index contributed by atoms with van der Waals surface area (Å²) in [6.07, 6.45) is 1.19. The van der Waals surface area contributed by atoms with Crippen LogP contribution in [0.25, 0.3) is 42.4 Å². The third-order valence-corrected chi connectivity index (χ3v) is 7.73. The number of hydrogen-bond donors (Lipinski definition) is 0. The molecule has 0 unspecified atom stereocenters. The van der Waals surface area contributed by atoms with Gasteiger partial charge in [0.15, 0.2) is 15.3 Å². The fraction of sp³-hybridized carbons (Fsp3) is 0.0385. The van der Waals surface area contributed by atoms with E-state index in [1.165, 1.54) is 6.26 Å². The Bertz CT molecular complexity index is 1610. The van der Waals surface area contributed by atoms with Crippen LogP contribution >= 0.6 is 11.3 Å². The van der Waals surface area contributed by atoms with Crippen molar-refractivity contribution in [2.24, 2.45) is 0 Å². The van der Waals surface area contributed by atoms with Crippen molar-refractivity contribution in [2.75, 3.05) is 6.26 Å². The van der Waals surface area contributed by atoms with Crippen LogP contribution in [0.4, 0.5) is 0 Å². The van der Waals surface area contributed by atoms with Gasteiger partial charge in [0.05, 0.1) is 4.90 Å². The molecular weight excluding hydrogens is 424 g/mol. The zero-order valence-corrected chi connectivity index (χ0v) is 18.3. The number of benzene rings is 4. The lowest BCUT2D eigenvalue weighted by atomic mass is 9.98. The van der Waals surface area contributed by atoms with Gasteiger partial charge in [0.25, 0.3) is 0 Å². The molecule has 152 valence electrons. The van der Waals surface area contributed by atoms with Crippen LogP contribution in [0, 0.1) is 0 Å². The van der Waals surface area contributed by atoms with Crippen LogP contribution in [0.1, 0.15) is 0 Å². The fourth-order valence-electron chi connectivity index (χ4n) is 3.81. The average molecular weight is 443 g/mol. The molecule has 0 N–H and O–H groups in total. The number of sulfone groups is 1. The lowest BCUT2D eigenvalue weighted by molar-refractivity contribution is 0.602. The molecule has 5 rings (SSSR count). The van der Waals surface area contributed by atoms with Gasteiger partial charge in [0, 0.05) is 26.8 Å². The van der Waals surface area contributed by atoms with Gasteiger partial charge in [0.1, 0.15) is 0 Å². The van der Waals surface area contributed by atoms with Gasteiger partial charge in [-0.3, -0.25) is 4.79 Å². The highest BCUT2D eigenvalue weighted by atomic mass is 32.2. The van der Waals surface area contributed by atoms with Gasteiger partial charge < -0.3 is 0 Å². The molecule has 1 heterocycles. The largest absolute Gasteiger partial charge is 0.288 e. The van der Waals surface area contributed by atoms with Gasteiger partial charge in [-0.15, -0.1) is 11.3 Å². The van der Waals surface area contributed by atoms with Crippen molar-refractivity contribution in [1.82, 2.24) is 0 Å². The van der Waals surface area contributed by atoms with E-state index in [9.17, 15) is 13.2 Å². The Kier molecular flexibility index (Phi) is 4.73. The van der Waals surface area contributed by atoms with Crippen LogP contribution in [0.5, 0.6) is 0 Å². The number of fused-ring (bicyclic) bond motifs is 2. The summed E-state index contributed by atoms with van der Waals surface area (Å²) in [5, 5.41) is 2.87. The molecular formula is C26H18O3S2. The predicted molar refractivity (Wildman–Crippen MR) is 130 cm³/mol. The minimum atomic E-state index is -3.29. The van der Waals surface area contributed by atoms with E-state index >= 15 is 0 Å². The molecule has 3 nitrogen and oxygen atoms in total. The van der Waals surface area contributed by atoms with Crippen LogP contribution < -0.4 is 5.43 Å². The molecule has 1 aromatic heterocycles. The van der Waals surface area contributed by atoms with Gasteiger partial charge in [-0.2, -0.15) is 0 Å². The molecule has 0 atom stereocenters. The van der Waals surface area contributed by atoms with Crippen molar-refractivity contribution < 1.29 is 8.42 Å². The summed E-state index contributed by atoms with van der Waals surface area (Å²) in [6, 6.07) is 28.5. The Morgan fingerprint density at radius 3 is 2.10 bits per heavy atom. The third-order valence-electron chi connectivity index (χ3n) is 5.38. The van der Waals surface area contributed by atoms with Gasteiger partial charge in [-0.05, 0) is 52.2 Å². The van der Waals surface area contributed by atoms with E-state index in [-0.39, 0.29) is 10.3 Å². The minimum Gasteiger partial charge on any atom is -0.288 e. The summed E-state index contributed by atoms with van der Waals surface area (Å²) in [6.45, 7) is 0. The van der Waals surface area contributed by atoms with Crippen LogP contribution in [-0.2, 0) is 9.84 Å². The van der Waals surface area contributed by atoms with Crippen molar-refractivity contribution in [3.8, 4) is 21.6 Å². The van der Waals surface area contributed by atoms with Gasteiger partial charge in [-0.1, -0.05) is 60.7 Å². The lowest BCUT2D eigenvalue weighted by Gasteiger charge is -2.12. The molecule has 0 fully saturated rings. The summed E-state index contributed by atoms with van der Waals surface area (Å²) in [5.74, 6) is 0. The van der Waals surface area contributed by atoms with Crippen molar-refractivity contribution >= 4 is 42.0 Å². The number of hydrogen-bond acceptors (Lipinski definition) is 4. The van der Waals surface area contributed by atoms with E-state index in [1.54, 1.807) is 35.6 Å². The smallest absolute Gasteiger partial charge is 0.196 e. The molecule has 0 saturated heterocycles. The standard InChI is InChI=1S/C26H18O3S2/c1-31(28,29)21-14-12-18(13-15-21)26-24(25(27)22-8-4-5-9-23(22)30-26)20-11-10-17-6-2-3-7-19(17)16-20/h2-16H,1H3. The van der Waals surface area contributed by atoms with Gasteiger partial charge in [-0.25, -0.2) is 8.42 Å². The molecule has 0 radical (unpaired) electrons. The van der Waals surface area contributed by atoms with Crippen molar-refractivity contribution in [3.63, 3.8) is 0 Å². The maximum Gasteiger partial charge on any atom is 0.196 e. The Labute approximate surface area is 184 Å². The van der Waals surface area contributed by atoms with E-state index in [4.69, 9.17) is 0 Å². The molecule has 5 heteroatoms. The minimum absolute atomic E-state index is 0.0215. The SMILES string of the molecule is CS(=O)(=O)c1ccc(-c2sc3ccccc3c(=O)c2-c2ccc3ccccc3c2)cc1. The van der Waals surface area contributed by atoms with Gasteiger partial charge >= 0.3 is 0 Å². The predicted octanol–water partition coefficient (Wildman–Crippen LogP) is 6.15. The van der Waals surface area contributed by atoms with Crippen molar-refractivity contribution in [3.05, 3.63) is 101 Å². The molecule has 0 aliphatic heterocycles. The molecule has 0 aliphatic carbocycles. The zero-order chi connectivity index (χ0) is 21.6. The summed E-state index contributed by atoms with van der Waals surface area (Å²) in [5.41, 5.74) is 2.30. The van der Waals surface area contributed by atoms with E-state index in [0.29, 0.717) is 10.9 Å². The maximum atomic E-state index is 13.6. The van der Waals surface area contributed by atoms with E-state index in [2.05, 4.69) is 0 Å². The third kappa shape index (κ3) is 3.56. The summed E-state index contributed by atoms with van der Waals surface area (Å²) >= 11 is 1.54. The summed E-state index contributed by atoms with van der Waals surface area (Å²) in [7, 11) is -3.29. The molecule has 5 aromatic rings. The van der Waals surface area contributed by atoms with Gasteiger partial charge in [0.2, 0.25) is 0 Å². The zero-order valence-electron chi connectivity index (χ0n) is 16.7. The van der Waals surface area contributed by atoms with E-state index in [1.807, 2.05) is 66.7 Å². The monoisotopic (exact) mass is 442 g/mol. The molecule has 0 saturated carbocycles. The molecule has 4 aromatic carbocycles. The highest BCUT2D eigenvalue weighted by molar-refractivity contribution is 7.90. The quantitative estimate of drug-likeness (QED) is 0.337. The van der Waals surface area contributed by atoms with Crippen LogP contribution in [0.2, 0.25) is 0 Å².